The van der Waals surface area contributed by atoms with Gasteiger partial charge >= 0.3 is 0 Å². The molecule has 0 aliphatic carbocycles. The topological polar surface area (TPSA) is 61.4 Å². The maximum Gasteiger partial charge on any atom is 0.221 e. The van der Waals surface area contributed by atoms with Crippen molar-refractivity contribution < 1.29 is 9.90 Å². The van der Waals surface area contributed by atoms with Crippen molar-refractivity contribution >= 4 is 5.91 Å². The monoisotopic (exact) mass is 216 g/mol. The minimum absolute atomic E-state index is 0.0707. The molecule has 1 amide bonds. The predicted molar refractivity (Wildman–Crippen MR) is 61.6 cm³/mol. The van der Waals surface area contributed by atoms with E-state index in [1.807, 2.05) is 27.7 Å². The molecule has 0 bridgehead atoms. The zero-order valence-electron chi connectivity index (χ0n) is 10.2. The van der Waals surface area contributed by atoms with Gasteiger partial charge in [-0.2, -0.15) is 0 Å². The minimum Gasteiger partial charge on any atom is -0.396 e. The van der Waals surface area contributed by atoms with Gasteiger partial charge in [0.1, 0.15) is 0 Å². The van der Waals surface area contributed by atoms with E-state index in [2.05, 4.69) is 10.6 Å². The number of aliphatic hydroxyl groups is 1. The molecule has 0 saturated heterocycles. The number of rotatable bonds is 7. The molecule has 3 N–H and O–H groups in total. The van der Waals surface area contributed by atoms with Crippen molar-refractivity contribution in [1.29, 1.82) is 0 Å². The smallest absolute Gasteiger partial charge is 0.221 e. The summed E-state index contributed by atoms with van der Waals surface area (Å²) in [5.41, 5.74) is 0. The highest BCUT2D eigenvalue weighted by Gasteiger charge is 2.10. The Morgan fingerprint density at radius 3 is 2.33 bits per heavy atom. The molecule has 15 heavy (non-hydrogen) atoms. The first-order chi connectivity index (χ1) is 6.97. The summed E-state index contributed by atoms with van der Waals surface area (Å²) in [6, 6.07) is 0.438. The number of aliphatic hydroxyl groups excluding tert-OH is 1. The lowest BCUT2D eigenvalue weighted by molar-refractivity contribution is -0.121. The molecule has 0 aliphatic rings. The second kappa shape index (κ2) is 7.65. The standard InChI is InChI=1S/C11H24N2O2/c1-8(2)13-11(15)5-6-12-10(4)9(3)7-14/h8-10,12,14H,5-7H2,1-4H3,(H,13,15). The predicted octanol–water partition coefficient (Wildman–Crippen LogP) is 0.508. The number of nitrogens with one attached hydrogen (secondary N) is 2. The van der Waals surface area contributed by atoms with Crippen LogP contribution in [-0.4, -0.2) is 36.2 Å². The lowest BCUT2D eigenvalue weighted by Crippen LogP contribution is -2.37. The van der Waals surface area contributed by atoms with E-state index in [4.69, 9.17) is 5.11 Å². The molecular formula is C11H24N2O2. The van der Waals surface area contributed by atoms with E-state index < -0.39 is 0 Å². The van der Waals surface area contributed by atoms with E-state index >= 15 is 0 Å². The van der Waals surface area contributed by atoms with Gasteiger partial charge in [-0.15, -0.1) is 0 Å². The molecule has 0 spiro atoms. The quantitative estimate of drug-likeness (QED) is 0.581. The highest BCUT2D eigenvalue weighted by atomic mass is 16.3. The van der Waals surface area contributed by atoms with E-state index in [1.165, 1.54) is 0 Å². The van der Waals surface area contributed by atoms with E-state index in [9.17, 15) is 4.79 Å². The van der Waals surface area contributed by atoms with Crippen LogP contribution in [0.2, 0.25) is 0 Å². The van der Waals surface area contributed by atoms with Crippen molar-refractivity contribution in [3.8, 4) is 0 Å². The first-order valence-corrected chi connectivity index (χ1v) is 5.61. The Kier molecular flexibility index (Phi) is 7.34. The van der Waals surface area contributed by atoms with Crippen molar-refractivity contribution in [2.24, 2.45) is 5.92 Å². The highest BCUT2D eigenvalue weighted by molar-refractivity contribution is 5.76. The third-order valence-corrected chi connectivity index (χ3v) is 2.41. The van der Waals surface area contributed by atoms with Gasteiger partial charge in [-0.3, -0.25) is 4.79 Å². The Morgan fingerprint density at radius 2 is 1.87 bits per heavy atom. The fourth-order valence-corrected chi connectivity index (χ4v) is 1.17. The molecule has 0 aliphatic heterocycles. The molecule has 4 nitrogen and oxygen atoms in total. The third kappa shape index (κ3) is 7.33. The van der Waals surface area contributed by atoms with Crippen LogP contribution in [0.15, 0.2) is 0 Å². The molecule has 0 heterocycles. The molecule has 0 aromatic heterocycles. The summed E-state index contributed by atoms with van der Waals surface area (Å²) in [6.45, 7) is 8.72. The van der Waals surface area contributed by atoms with Crippen LogP contribution in [0.4, 0.5) is 0 Å². The second-order valence-electron chi connectivity index (χ2n) is 4.37. The van der Waals surface area contributed by atoms with Gasteiger partial charge in [0.15, 0.2) is 0 Å². The van der Waals surface area contributed by atoms with Crippen LogP contribution in [0.1, 0.15) is 34.1 Å². The molecular weight excluding hydrogens is 192 g/mol. The number of carbonyl (C=O) groups excluding carboxylic acids is 1. The Hall–Kier alpha value is -0.610. The van der Waals surface area contributed by atoms with Crippen molar-refractivity contribution in [2.75, 3.05) is 13.2 Å². The highest BCUT2D eigenvalue weighted by Crippen LogP contribution is 2.00. The third-order valence-electron chi connectivity index (χ3n) is 2.41. The summed E-state index contributed by atoms with van der Waals surface area (Å²) in [6.07, 6.45) is 0.487. The van der Waals surface area contributed by atoms with Gasteiger partial charge in [-0.05, 0) is 26.7 Å². The maximum absolute atomic E-state index is 11.3. The molecule has 90 valence electrons. The molecule has 0 aromatic rings. The lowest BCUT2D eigenvalue weighted by Gasteiger charge is -2.19. The van der Waals surface area contributed by atoms with Crippen LogP contribution < -0.4 is 10.6 Å². The van der Waals surface area contributed by atoms with Gasteiger partial charge in [-0.25, -0.2) is 0 Å². The summed E-state index contributed by atoms with van der Waals surface area (Å²) < 4.78 is 0. The van der Waals surface area contributed by atoms with Crippen LogP contribution in [-0.2, 0) is 4.79 Å². The first kappa shape index (κ1) is 14.4. The number of hydrogen-bond donors (Lipinski definition) is 3. The van der Waals surface area contributed by atoms with Crippen molar-refractivity contribution in [1.82, 2.24) is 10.6 Å². The Labute approximate surface area is 92.4 Å². The largest absolute Gasteiger partial charge is 0.396 e. The van der Waals surface area contributed by atoms with Crippen LogP contribution >= 0.6 is 0 Å². The van der Waals surface area contributed by atoms with E-state index in [1.54, 1.807) is 0 Å². The van der Waals surface area contributed by atoms with Gasteiger partial charge in [0.2, 0.25) is 5.91 Å². The first-order valence-electron chi connectivity index (χ1n) is 5.61. The average molecular weight is 216 g/mol. The zero-order chi connectivity index (χ0) is 11.8. The number of hydrogen-bond acceptors (Lipinski definition) is 3. The molecule has 0 saturated carbocycles. The fraction of sp³-hybridized carbons (Fsp3) is 0.909. The van der Waals surface area contributed by atoms with Crippen LogP contribution in [0.5, 0.6) is 0 Å². The van der Waals surface area contributed by atoms with Gasteiger partial charge in [0.05, 0.1) is 0 Å². The van der Waals surface area contributed by atoms with E-state index in [0.717, 1.165) is 0 Å². The summed E-state index contributed by atoms with van der Waals surface area (Å²) in [5, 5.41) is 15.0. The zero-order valence-corrected chi connectivity index (χ0v) is 10.2. The van der Waals surface area contributed by atoms with Gasteiger partial charge in [-0.1, -0.05) is 6.92 Å². The summed E-state index contributed by atoms with van der Waals surface area (Å²) >= 11 is 0. The number of carbonyl (C=O) groups is 1. The number of amides is 1. The molecule has 0 fully saturated rings. The van der Waals surface area contributed by atoms with Crippen molar-refractivity contribution in [2.45, 2.75) is 46.2 Å². The summed E-state index contributed by atoms with van der Waals surface area (Å²) in [5.74, 6) is 0.291. The SMILES string of the molecule is CC(C)NC(=O)CCNC(C)C(C)CO. The Balaban J connectivity index is 3.57. The summed E-state index contributed by atoms with van der Waals surface area (Å²) in [7, 11) is 0. The summed E-state index contributed by atoms with van der Waals surface area (Å²) in [4.78, 5) is 11.3. The molecule has 0 radical (unpaired) electrons. The van der Waals surface area contributed by atoms with Crippen LogP contribution in [0.3, 0.4) is 0 Å². The molecule has 2 unspecified atom stereocenters. The molecule has 4 heteroatoms. The van der Waals surface area contributed by atoms with Gasteiger partial charge in [0.25, 0.3) is 0 Å². The second-order valence-corrected chi connectivity index (χ2v) is 4.37. The van der Waals surface area contributed by atoms with Crippen LogP contribution in [0, 0.1) is 5.92 Å². The van der Waals surface area contributed by atoms with E-state index in [-0.39, 0.29) is 30.5 Å². The van der Waals surface area contributed by atoms with Crippen LogP contribution in [0.25, 0.3) is 0 Å². The maximum atomic E-state index is 11.3. The average Bonchev–Trinajstić information content (AvgIpc) is 2.15. The molecule has 0 rings (SSSR count). The lowest BCUT2D eigenvalue weighted by atomic mass is 10.1. The Morgan fingerprint density at radius 1 is 1.27 bits per heavy atom. The normalized spacial score (nSPS) is 15.1. The van der Waals surface area contributed by atoms with E-state index in [0.29, 0.717) is 13.0 Å². The van der Waals surface area contributed by atoms with Crippen molar-refractivity contribution in [3.05, 3.63) is 0 Å². The van der Waals surface area contributed by atoms with Crippen molar-refractivity contribution in [3.63, 3.8) is 0 Å². The molecule has 2 atom stereocenters. The molecule has 0 aromatic carbocycles. The van der Waals surface area contributed by atoms with Gasteiger partial charge in [0, 0.05) is 31.7 Å². The van der Waals surface area contributed by atoms with Gasteiger partial charge < -0.3 is 15.7 Å². The Bertz CT molecular complexity index is 183. The minimum atomic E-state index is 0.0707. The fourth-order valence-electron chi connectivity index (χ4n) is 1.17.